The van der Waals surface area contributed by atoms with Crippen molar-refractivity contribution in [1.29, 1.82) is 0 Å². The molecule has 1 saturated heterocycles. The number of hydrogen-bond acceptors (Lipinski definition) is 4. The van der Waals surface area contributed by atoms with Crippen molar-refractivity contribution in [2.75, 3.05) is 13.1 Å². The van der Waals surface area contributed by atoms with E-state index in [2.05, 4.69) is 23.7 Å². The summed E-state index contributed by atoms with van der Waals surface area (Å²) in [6, 6.07) is 0. The van der Waals surface area contributed by atoms with Crippen molar-refractivity contribution < 1.29 is 5.11 Å². The summed E-state index contributed by atoms with van der Waals surface area (Å²) in [6.07, 6.45) is 9.12. The maximum Gasteiger partial charge on any atom is 0.193 e. The van der Waals surface area contributed by atoms with Crippen LogP contribution in [0, 0.1) is 0 Å². The van der Waals surface area contributed by atoms with E-state index in [1.54, 1.807) is 11.3 Å². The molecule has 4 nitrogen and oxygen atoms in total. The van der Waals surface area contributed by atoms with Gasteiger partial charge in [-0.3, -0.25) is 9.30 Å². The van der Waals surface area contributed by atoms with Crippen LogP contribution in [0.1, 0.15) is 45.2 Å². The average Bonchev–Trinajstić information content (AvgIpc) is 3.08. The molecule has 0 aromatic carbocycles. The van der Waals surface area contributed by atoms with Crippen molar-refractivity contribution in [2.24, 2.45) is 0 Å². The van der Waals surface area contributed by atoms with Gasteiger partial charge in [-0.2, -0.15) is 0 Å². The summed E-state index contributed by atoms with van der Waals surface area (Å²) in [5.41, 5.74) is 0.850. The Morgan fingerprint density at radius 1 is 1.38 bits per heavy atom. The predicted molar refractivity (Wildman–Crippen MR) is 86.9 cm³/mol. The normalized spacial score (nSPS) is 21.5. The average molecular weight is 307 g/mol. The standard InChI is InChI=1S/C16H25N3OS/c1-3-16(2,19-7-5-4-6-8-19)14(20)11-13-12-18-9-10-21-15(18)17-13/h9-10,12,14,20H,3-8,11H2,1-2H3. The number of aliphatic hydroxyl groups excluding tert-OH is 1. The van der Waals surface area contributed by atoms with Crippen LogP contribution in [0.3, 0.4) is 0 Å². The molecule has 2 aromatic heterocycles. The Morgan fingerprint density at radius 3 is 2.81 bits per heavy atom. The van der Waals surface area contributed by atoms with Crippen molar-refractivity contribution in [1.82, 2.24) is 14.3 Å². The number of aliphatic hydroxyl groups is 1. The molecule has 0 bridgehead atoms. The topological polar surface area (TPSA) is 40.8 Å². The maximum atomic E-state index is 10.8. The molecule has 116 valence electrons. The number of nitrogens with zero attached hydrogens (tertiary/aromatic N) is 3. The minimum absolute atomic E-state index is 0.141. The van der Waals surface area contributed by atoms with Gasteiger partial charge in [-0.25, -0.2) is 4.98 Å². The van der Waals surface area contributed by atoms with E-state index in [1.165, 1.54) is 19.3 Å². The van der Waals surface area contributed by atoms with E-state index in [4.69, 9.17) is 0 Å². The lowest BCUT2D eigenvalue weighted by atomic mass is 9.85. The zero-order valence-electron chi connectivity index (χ0n) is 13.0. The highest BCUT2D eigenvalue weighted by Crippen LogP contribution is 2.29. The molecule has 21 heavy (non-hydrogen) atoms. The van der Waals surface area contributed by atoms with Gasteiger partial charge in [-0.1, -0.05) is 13.3 Å². The van der Waals surface area contributed by atoms with E-state index < -0.39 is 0 Å². The summed E-state index contributed by atoms with van der Waals surface area (Å²) in [5.74, 6) is 0. The van der Waals surface area contributed by atoms with Crippen molar-refractivity contribution >= 4 is 16.3 Å². The van der Waals surface area contributed by atoms with Crippen LogP contribution in [-0.4, -0.2) is 44.1 Å². The fourth-order valence-corrected chi connectivity index (χ4v) is 4.09. The smallest absolute Gasteiger partial charge is 0.193 e. The van der Waals surface area contributed by atoms with Gasteiger partial charge >= 0.3 is 0 Å². The van der Waals surface area contributed by atoms with Gasteiger partial charge in [0.25, 0.3) is 0 Å². The number of likely N-dealkylation sites (tertiary alicyclic amines) is 1. The molecule has 2 aromatic rings. The highest BCUT2D eigenvalue weighted by Gasteiger charge is 2.38. The summed E-state index contributed by atoms with van der Waals surface area (Å²) in [6.45, 7) is 6.62. The first-order valence-electron chi connectivity index (χ1n) is 7.97. The molecular weight excluding hydrogens is 282 g/mol. The van der Waals surface area contributed by atoms with E-state index in [1.807, 2.05) is 22.2 Å². The van der Waals surface area contributed by atoms with E-state index in [-0.39, 0.29) is 11.6 Å². The Balaban J connectivity index is 1.74. The molecule has 0 spiro atoms. The zero-order chi connectivity index (χ0) is 14.9. The van der Waals surface area contributed by atoms with Crippen molar-refractivity contribution in [3.05, 3.63) is 23.5 Å². The van der Waals surface area contributed by atoms with Crippen LogP contribution < -0.4 is 0 Å². The molecule has 0 aliphatic carbocycles. The Morgan fingerprint density at radius 2 is 2.14 bits per heavy atom. The fraction of sp³-hybridized carbons (Fsp3) is 0.688. The molecule has 2 atom stereocenters. The second kappa shape index (κ2) is 6.07. The summed E-state index contributed by atoms with van der Waals surface area (Å²) in [7, 11) is 0. The van der Waals surface area contributed by atoms with Gasteiger partial charge in [-0.15, -0.1) is 11.3 Å². The lowest BCUT2D eigenvalue weighted by Crippen LogP contribution is -2.56. The molecule has 1 aliphatic rings. The Bertz CT molecular complexity index is 559. The second-order valence-corrected chi connectivity index (χ2v) is 7.18. The molecule has 1 N–H and O–H groups in total. The zero-order valence-corrected chi connectivity index (χ0v) is 13.8. The molecule has 1 aliphatic heterocycles. The van der Waals surface area contributed by atoms with Crippen LogP contribution in [0.25, 0.3) is 4.96 Å². The maximum absolute atomic E-state index is 10.8. The van der Waals surface area contributed by atoms with Crippen molar-refractivity contribution in [2.45, 2.75) is 57.6 Å². The first kappa shape index (κ1) is 15.0. The summed E-state index contributed by atoms with van der Waals surface area (Å²) >= 11 is 1.64. The van der Waals surface area contributed by atoms with Gasteiger partial charge in [0, 0.05) is 29.7 Å². The minimum Gasteiger partial charge on any atom is -0.391 e. The van der Waals surface area contributed by atoms with Crippen LogP contribution in [0.4, 0.5) is 0 Å². The van der Waals surface area contributed by atoms with E-state index >= 15 is 0 Å². The lowest BCUT2D eigenvalue weighted by molar-refractivity contribution is -0.0332. The van der Waals surface area contributed by atoms with Gasteiger partial charge in [-0.05, 0) is 39.3 Å². The summed E-state index contributed by atoms with van der Waals surface area (Å²) < 4.78 is 2.04. The molecule has 5 heteroatoms. The summed E-state index contributed by atoms with van der Waals surface area (Å²) in [5, 5.41) is 12.9. The highest BCUT2D eigenvalue weighted by atomic mass is 32.1. The minimum atomic E-state index is -0.370. The van der Waals surface area contributed by atoms with E-state index in [0.29, 0.717) is 6.42 Å². The lowest BCUT2D eigenvalue weighted by Gasteiger charge is -2.46. The Hall–Kier alpha value is -0.910. The number of rotatable bonds is 5. The molecule has 1 fully saturated rings. The fourth-order valence-electron chi connectivity index (χ4n) is 3.37. The van der Waals surface area contributed by atoms with Gasteiger partial charge in [0.1, 0.15) is 0 Å². The third-order valence-electron chi connectivity index (χ3n) is 5.06. The van der Waals surface area contributed by atoms with Crippen LogP contribution in [0.15, 0.2) is 17.8 Å². The van der Waals surface area contributed by atoms with E-state index in [9.17, 15) is 5.11 Å². The molecule has 3 heterocycles. The highest BCUT2D eigenvalue weighted by molar-refractivity contribution is 7.15. The van der Waals surface area contributed by atoms with Gasteiger partial charge < -0.3 is 5.11 Å². The molecule has 0 saturated carbocycles. The largest absolute Gasteiger partial charge is 0.391 e. The third kappa shape index (κ3) is 2.87. The van der Waals surface area contributed by atoms with Gasteiger partial charge in [0.15, 0.2) is 4.96 Å². The van der Waals surface area contributed by atoms with Gasteiger partial charge in [0.2, 0.25) is 0 Å². The van der Waals surface area contributed by atoms with E-state index in [0.717, 1.165) is 30.2 Å². The molecule has 0 radical (unpaired) electrons. The number of piperidine rings is 1. The van der Waals surface area contributed by atoms with Crippen LogP contribution in [0.2, 0.25) is 0 Å². The number of hydrogen-bond donors (Lipinski definition) is 1. The Kier molecular flexibility index (Phi) is 4.33. The van der Waals surface area contributed by atoms with Crippen LogP contribution in [0.5, 0.6) is 0 Å². The van der Waals surface area contributed by atoms with Crippen molar-refractivity contribution in [3.8, 4) is 0 Å². The molecular formula is C16H25N3OS. The van der Waals surface area contributed by atoms with Gasteiger partial charge in [0.05, 0.1) is 11.8 Å². The first-order valence-corrected chi connectivity index (χ1v) is 8.85. The SMILES string of the molecule is CCC(C)(C(O)Cc1cn2ccsc2n1)N1CCCCC1. The Labute approximate surface area is 130 Å². The third-order valence-corrected chi connectivity index (χ3v) is 5.83. The monoisotopic (exact) mass is 307 g/mol. The molecule has 0 amide bonds. The van der Waals surface area contributed by atoms with Crippen molar-refractivity contribution in [3.63, 3.8) is 0 Å². The summed E-state index contributed by atoms with van der Waals surface area (Å²) in [4.78, 5) is 8.10. The number of thiazole rings is 1. The number of fused-ring (bicyclic) bond motifs is 1. The predicted octanol–water partition coefficient (Wildman–Crippen LogP) is 2.95. The molecule has 2 unspecified atom stereocenters. The van der Waals surface area contributed by atoms with Crippen LogP contribution >= 0.6 is 11.3 Å². The second-order valence-electron chi connectivity index (χ2n) is 6.30. The first-order chi connectivity index (χ1) is 10.1. The molecule has 3 rings (SSSR count). The number of aromatic nitrogens is 2. The quantitative estimate of drug-likeness (QED) is 0.923. The van der Waals surface area contributed by atoms with Crippen LogP contribution in [-0.2, 0) is 6.42 Å². The number of imidazole rings is 1.